The molecule has 0 spiro atoms. The highest BCUT2D eigenvalue weighted by Gasteiger charge is 2.41. The highest BCUT2D eigenvalue weighted by atomic mass is 35.5. The van der Waals surface area contributed by atoms with Crippen LogP contribution in [0.1, 0.15) is 37.4 Å². The Kier molecular flexibility index (Phi) is 2.95. The SMILES string of the molecule is CSC1(CNc2cc(Cl)nc(C3CC3)n2)CC1. The first-order chi connectivity index (χ1) is 8.21. The second-order valence-corrected chi connectivity index (χ2v) is 6.61. The van der Waals surface area contributed by atoms with Crippen molar-refractivity contribution in [3.63, 3.8) is 0 Å². The van der Waals surface area contributed by atoms with Crippen molar-refractivity contribution < 1.29 is 0 Å². The molecule has 0 aliphatic heterocycles. The number of anilines is 1. The van der Waals surface area contributed by atoms with Crippen molar-refractivity contribution in [1.82, 2.24) is 9.97 Å². The number of thioether (sulfide) groups is 1. The predicted octanol–water partition coefficient (Wildman–Crippen LogP) is 3.31. The maximum absolute atomic E-state index is 6.03. The maximum atomic E-state index is 6.03. The van der Waals surface area contributed by atoms with Crippen molar-refractivity contribution in [1.29, 1.82) is 0 Å². The lowest BCUT2D eigenvalue weighted by Gasteiger charge is -2.14. The fraction of sp³-hybridized carbons (Fsp3) is 0.667. The quantitative estimate of drug-likeness (QED) is 0.833. The summed E-state index contributed by atoms with van der Waals surface area (Å²) in [5.74, 6) is 2.34. The monoisotopic (exact) mass is 269 g/mol. The lowest BCUT2D eigenvalue weighted by atomic mass is 10.3. The van der Waals surface area contributed by atoms with Gasteiger partial charge < -0.3 is 5.32 Å². The summed E-state index contributed by atoms with van der Waals surface area (Å²) in [4.78, 5) is 8.83. The van der Waals surface area contributed by atoms with E-state index in [1.807, 2.05) is 17.8 Å². The molecule has 0 aromatic carbocycles. The molecule has 0 amide bonds. The first kappa shape index (κ1) is 11.6. The van der Waals surface area contributed by atoms with Crippen molar-refractivity contribution in [2.45, 2.75) is 36.3 Å². The van der Waals surface area contributed by atoms with Gasteiger partial charge in [0.05, 0.1) is 0 Å². The summed E-state index contributed by atoms with van der Waals surface area (Å²) < 4.78 is 0.442. The Bertz CT molecular complexity index is 430. The van der Waals surface area contributed by atoms with Gasteiger partial charge in [0.2, 0.25) is 0 Å². The molecular weight excluding hydrogens is 254 g/mol. The van der Waals surface area contributed by atoms with Crippen LogP contribution in [0, 0.1) is 0 Å². The summed E-state index contributed by atoms with van der Waals surface area (Å²) in [5.41, 5.74) is 0. The highest BCUT2D eigenvalue weighted by Crippen LogP contribution is 2.47. The zero-order valence-electron chi connectivity index (χ0n) is 9.87. The van der Waals surface area contributed by atoms with Gasteiger partial charge in [0.1, 0.15) is 16.8 Å². The van der Waals surface area contributed by atoms with E-state index in [2.05, 4.69) is 21.5 Å². The van der Waals surface area contributed by atoms with E-state index in [1.54, 1.807) is 0 Å². The van der Waals surface area contributed by atoms with Crippen LogP contribution in [0.4, 0.5) is 5.82 Å². The van der Waals surface area contributed by atoms with Gasteiger partial charge in [0.15, 0.2) is 0 Å². The molecule has 1 N–H and O–H groups in total. The Morgan fingerprint density at radius 2 is 2.24 bits per heavy atom. The van der Waals surface area contributed by atoms with Crippen LogP contribution in [-0.2, 0) is 0 Å². The van der Waals surface area contributed by atoms with Crippen LogP contribution >= 0.6 is 23.4 Å². The van der Waals surface area contributed by atoms with Gasteiger partial charge in [-0.15, -0.1) is 0 Å². The summed E-state index contributed by atoms with van der Waals surface area (Å²) in [6.45, 7) is 0.978. The van der Waals surface area contributed by atoms with Gasteiger partial charge in [0, 0.05) is 23.3 Å². The van der Waals surface area contributed by atoms with Crippen LogP contribution in [0.2, 0.25) is 5.15 Å². The number of nitrogens with one attached hydrogen (secondary N) is 1. The fourth-order valence-corrected chi connectivity index (χ4v) is 2.81. The third kappa shape index (κ3) is 2.68. The number of hydrogen-bond donors (Lipinski definition) is 1. The molecular formula is C12H16ClN3S. The van der Waals surface area contributed by atoms with Gasteiger partial charge in [0.25, 0.3) is 0 Å². The summed E-state index contributed by atoms with van der Waals surface area (Å²) >= 11 is 7.97. The smallest absolute Gasteiger partial charge is 0.135 e. The van der Waals surface area contributed by atoms with Crippen LogP contribution in [0.3, 0.4) is 0 Å². The molecule has 1 heterocycles. The molecule has 2 aliphatic carbocycles. The Morgan fingerprint density at radius 1 is 1.47 bits per heavy atom. The molecule has 2 fully saturated rings. The summed E-state index contributed by atoms with van der Waals surface area (Å²) in [6, 6.07) is 1.82. The van der Waals surface area contributed by atoms with E-state index in [4.69, 9.17) is 11.6 Å². The van der Waals surface area contributed by atoms with E-state index in [-0.39, 0.29) is 0 Å². The van der Waals surface area contributed by atoms with Gasteiger partial charge in [-0.2, -0.15) is 11.8 Å². The molecule has 2 saturated carbocycles. The van der Waals surface area contributed by atoms with Crippen LogP contribution < -0.4 is 5.32 Å². The van der Waals surface area contributed by atoms with E-state index >= 15 is 0 Å². The molecule has 0 unspecified atom stereocenters. The molecule has 0 saturated heterocycles. The molecule has 3 rings (SSSR count). The second-order valence-electron chi connectivity index (χ2n) is 4.95. The molecule has 1 aromatic heterocycles. The maximum Gasteiger partial charge on any atom is 0.135 e. The zero-order chi connectivity index (χ0) is 11.9. The number of aromatic nitrogens is 2. The molecule has 5 heteroatoms. The molecule has 2 aliphatic rings. The largest absolute Gasteiger partial charge is 0.369 e. The average Bonchev–Trinajstić information content (AvgIpc) is 3.19. The van der Waals surface area contributed by atoms with Gasteiger partial charge in [-0.05, 0) is 31.9 Å². The number of hydrogen-bond acceptors (Lipinski definition) is 4. The molecule has 1 aromatic rings. The minimum Gasteiger partial charge on any atom is -0.369 e. The molecule has 3 nitrogen and oxygen atoms in total. The third-order valence-corrected chi connectivity index (χ3v) is 5.10. The Morgan fingerprint density at radius 3 is 2.82 bits per heavy atom. The number of nitrogens with zero attached hydrogens (tertiary/aromatic N) is 2. The van der Waals surface area contributed by atoms with Crippen LogP contribution in [-0.4, -0.2) is 27.5 Å². The first-order valence-electron chi connectivity index (χ1n) is 6.04. The van der Waals surface area contributed by atoms with Crippen LogP contribution in [0.15, 0.2) is 6.07 Å². The fourth-order valence-electron chi connectivity index (χ4n) is 1.89. The lowest BCUT2D eigenvalue weighted by Crippen LogP contribution is -2.18. The minimum atomic E-state index is 0.442. The number of rotatable bonds is 5. The second kappa shape index (κ2) is 4.32. The van der Waals surface area contributed by atoms with Crippen LogP contribution in [0.25, 0.3) is 0 Å². The lowest BCUT2D eigenvalue weighted by molar-refractivity contribution is 0.899. The molecule has 92 valence electrons. The Balaban J connectivity index is 1.69. The van der Waals surface area contributed by atoms with Crippen LogP contribution in [0.5, 0.6) is 0 Å². The number of halogens is 1. The first-order valence-corrected chi connectivity index (χ1v) is 7.65. The molecule has 17 heavy (non-hydrogen) atoms. The van der Waals surface area contributed by atoms with Gasteiger partial charge in [-0.3, -0.25) is 0 Å². The van der Waals surface area contributed by atoms with E-state index < -0.39 is 0 Å². The predicted molar refractivity (Wildman–Crippen MR) is 73.0 cm³/mol. The minimum absolute atomic E-state index is 0.442. The molecule has 0 bridgehead atoms. The molecule has 0 radical (unpaired) electrons. The van der Waals surface area contributed by atoms with Crippen molar-refractivity contribution in [3.05, 3.63) is 17.0 Å². The third-order valence-electron chi connectivity index (χ3n) is 3.49. The summed E-state index contributed by atoms with van der Waals surface area (Å²) in [7, 11) is 0. The standard InChI is InChI=1S/C12H16ClN3S/c1-17-12(4-5-12)7-14-10-6-9(13)15-11(16-10)8-2-3-8/h6,8H,2-5,7H2,1H3,(H,14,15,16). The molecule has 0 atom stereocenters. The Hall–Kier alpha value is -0.480. The van der Waals surface area contributed by atoms with Crippen molar-refractivity contribution in [2.24, 2.45) is 0 Å². The van der Waals surface area contributed by atoms with E-state index in [1.165, 1.54) is 25.7 Å². The summed E-state index contributed by atoms with van der Waals surface area (Å²) in [6.07, 6.45) is 7.19. The normalized spacial score (nSPS) is 21.3. The Labute approximate surface area is 111 Å². The van der Waals surface area contributed by atoms with E-state index in [0.717, 1.165) is 18.2 Å². The van der Waals surface area contributed by atoms with Gasteiger partial charge in [-0.25, -0.2) is 9.97 Å². The van der Waals surface area contributed by atoms with E-state index in [9.17, 15) is 0 Å². The van der Waals surface area contributed by atoms with Crippen molar-refractivity contribution >= 4 is 29.2 Å². The topological polar surface area (TPSA) is 37.8 Å². The van der Waals surface area contributed by atoms with Crippen molar-refractivity contribution in [2.75, 3.05) is 18.1 Å². The zero-order valence-corrected chi connectivity index (χ0v) is 11.4. The highest BCUT2D eigenvalue weighted by molar-refractivity contribution is 8.00. The van der Waals surface area contributed by atoms with E-state index in [0.29, 0.717) is 15.8 Å². The van der Waals surface area contributed by atoms with Crippen molar-refractivity contribution in [3.8, 4) is 0 Å². The van der Waals surface area contributed by atoms with Gasteiger partial charge >= 0.3 is 0 Å². The average molecular weight is 270 g/mol. The summed E-state index contributed by atoms with van der Waals surface area (Å²) in [5, 5.41) is 3.96. The van der Waals surface area contributed by atoms with Gasteiger partial charge in [-0.1, -0.05) is 11.6 Å².